The molecule has 7 aromatic carbocycles. The highest BCUT2D eigenvalue weighted by molar-refractivity contribution is 6.13. The number of hydrogen-bond acceptors (Lipinski definition) is 1. The maximum Gasteiger partial charge on any atom is 0.143 e. The second-order valence-electron chi connectivity index (χ2n) is 12.1. The Morgan fingerprint density at radius 3 is 1.72 bits per heavy atom. The molecule has 2 aromatic heterocycles. The van der Waals surface area contributed by atoms with E-state index in [1.807, 2.05) is 0 Å². The Kier molecular flexibility index (Phi) is 6.57. The number of benzene rings is 7. The van der Waals surface area contributed by atoms with Crippen molar-refractivity contribution >= 4 is 54.9 Å². The van der Waals surface area contributed by atoms with Crippen molar-refractivity contribution in [1.29, 1.82) is 0 Å². The van der Waals surface area contributed by atoms with Crippen molar-refractivity contribution in [2.45, 2.75) is 6.42 Å². The molecule has 0 aliphatic heterocycles. The van der Waals surface area contributed by atoms with Crippen LogP contribution in [0.3, 0.4) is 0 Å². The third-order valence-electron chi connectivity index (χ3n) is 9.30. The molecule has 2 heteroatoms. The average molecular weight is 602 g/mol. The minimum atomic E-state index is 0.795. The lowest BCUT2D eigenvalue weighted by atomic mass is 9.85. The van der Waals surface area contributed by atoms with E-state index in [0.29, 0.717) is 0 Å². The van der Waals surface area contributed by atoms with Gasteiger partial charge in [0.05, 0.1) is 11.0 Å². The minimum absolute atomic E-state index is 0.795. The number of furan rings is 1. The third kappa shape index (κ3) is 4.65. The Labute approximate surface area is 273 Å². The van der Waals surface area contributed by atoms with Gasteiger partial charge >= 0.3 is 0 Å². The average Bonchev–Trinajstić information content (AvgIpc) is 3.68. The van der Waals surface area contributed by atoms with Crippen LogP contribution in [0, 0.1) is 0 Å². The van der Waals surface area contributed by atoms with E-state index in [2.05, 4.69) is 180 Å². The number of rotatable bonds is 6. The van der Waals surface area contributed by atoms with Crippen molar-refractivity contribution in [1.82, 2.24) is 4.57 Å². The van der Waals surface area contributed by atoms with Gasteiger partial charge in [0.15, 0.2) is 0 Å². The van der Waals surface area contributed by atoms with Crippen LogP contribution in [0.1, 0.15) is 22.3 Å². The van der Waals surface area contributed by atoms with E-state index in [9.17, 15) is 0 Å². The number of fused-ring (bicyclic) bond motifs is 6. The summed E-state index contributed by atoms with van der Waals surface area (Å²) >= 11 is 0. The van der Waals surface area contributed by atoms with Crippen molar-refractivity contribution in [3.63, 3.8) is 0 Å². The van der Waals surface area contributed by atoms with E-state index < -0.39 is 0 Å². The number of nitrogens with zero attached hydrogens (tertiary/aromatic N) is 1. The van der Waals surface area contributed by atoms with Crippen molar-refractivity contribution in [2.75, 3.05) is 0 Å². The zero-order valence-corrected chi connectivity index (χ0v) is 25.8. The van der Waals surface area contributed by atoms with Gasteiger partial charge in [0.2, 0.25) is 0 Å². The molecule has 222 valence electrons. The smallest absolute Gasteiger partial charge is 0.143 e. The molecule has 2 nitrogen and oxygen atoms in total. The van der Waals surface area contributed by atoms with E-state index in [4.69, 9.17) is 4.42 Å². The molecular weight excluding hydrogens is 571 g/mol. The van der Waals surface area contributed by atoms with E-state index in [-0.39, 0.29) is 0 Å². The first-order valence-electron chi connectivity index (χ1n) is 16.2. The van der Waals surface area contributed by atoms with Crippen molar-refractivity contribution in [2.24, 2.45) is 0 Å². The highest BCUT2D eigenvalue weighted by Gasteiger charge is 2.21. The molecule has 0 atom stereocenters. The highest BCUT2D eigenvalue weighted by atomic mass is 16.3. The Morgan fingerprint density at radius 1 is 0.468 bits per heavy atom. The first-order valence-corrected chi connectivity index (χ1v) is 16.2. The summed E-state index contributed by atoms with van der Waals surface area (Å²) in [6, 6.07) is 62.8. The van der Waals surface area contributed by atoms with Crippen LogP contribution in [0.25, 0.3) is 60.6 Å². The van der Waals surface area contributed by atoms with Gasteiger partial charge in [-0.1, -0.05) is 146 Å². The predicted octanol–water partition coefficient (Wildman–Crippen LogP) is 11.9. The SMILES string of the molecule is c1ccc(C/C(=C(/c2ccccc2)c2cccc3c2oc2ccc(-n4c5ccccc5c5ccccc54)cc23)c2ccccc2)cc1. The fourth-order valence-electron chi connectivity index (χ4n) is 7.19. The summed E-state index contributed by atoms with van der Waals surface area (Å²) in [5.74, 6) is 0. The van der Waals surface area contributed by atoms with Gasteiger partial charge < -0.3 is 8.98 Å². The first kappa shape index (κ1) is 27.2. The lowest BCUT2D eigenvalue weighted by molar-refractivity contribution is 0.667. The molecule has 0 aliphatic rings. The minimum Gasteiger partial charge on any atom is -0.455 e. The van der Waals surface area contributed by atoms with Crippen LogP contribution in [0.15, 0.2) is 180 Å². The molecule has 0 amide bonds. The van der Waals surface area contributed by atoms with Gasteiger partial charge in [-0.05, 0) is 64.6 Å². The van der Waals surface area contributed by atoms with Gasteiger partial charge in [-0.2, -0.15) is 0 Å². The quantitative estimate of drug-likeness (QED) is 0.173. The van der Waals surface area contributed by atoms with Gasteiger partial charge in [0, 0.05) is 32.8 Å². The lowest BCUT2D eigenvalue weighted by Gasteiger charge is -2.18. The standard InChI is InChI=1S/C45H31NO/c1-4-15-31(16-5-1)29-39(32-17-6-2-7-18-32)44(33-19-8-3-9-20-33)38-24-14-23-37-40-30-34(27-28-43(40)47-45(37)38)46-41-25-12-10-21-35(41)36-22-11-13-26-42(36)46/h1-28,30H,29H2/b44-39+. The highest BCUT2D eigenvalue weighted by Crippen LogP contribution is 2.41. The van der Waals surface area contributed by atoms with Gasteiger partial charge in [-0.15, -0.1) is 0 Å². The molecule has 0 saturated carbocycles. The molecule has 9 rings (SSSR count). The molecule has 0 bridgehead atoms. The van der Waals surface area contributed by atoms with Crippen LogP contribution >= 0.6 is 0 Å². The fourth-order valence-corrected chi connectivity index (χ4v) is 7.19. The maximum absolute atomic E-state index is 6.83. The zero-order valence-electron chi connectivity index (χ0n) is 25.8. The third-order valence-corrected chi connectivity index (χ3v) is 9.30. The summed E-state index contributed by atoms with van der Waals surface area (Å²) in [7, 11) is 0. The molecule has 47 heavy (non-hydrogen) atoms. The number of hydrogen-bond donors (Lipinski definition) is 0. The Hall–Kier alpha value is -6.12. The summed E-state index contributed by atoms with van der Waals surface area (Å²) in [6.07, 6.45) is 0.795. The van der Waals surface area contributed by atoms with Gasteiger partial charge in [-0.3, -0.25) is 0 Å². The van der Waals surface area contributed by atoms with Gasteiger partial charge in [0.1, 0.15) is 11.2 Å². The predicted molar refractivity (Wildman–Crippen MR) is 197 cm³/mol. The van der Waals surface area contributed by atoms with Gasteiger partial charge in [0.25, 0.3) is 0 Å². The van der Waals surface area contributed by atoms with Crippen LogP contribution in [-0.4, -0.2) is 4.57 Å². The molecule has 0 radical (unpaired) electrons. The van der Waals surface area contributed by atoms with Crippen molar-refractivity contribution in [3.8, 4) is 5.69 Å². The van der Waals surface area contributed by atoms with Crippen molar-refractivity contribution < 1.29 is 4.42 Å². The molecule has 2 heterocycles. The molecule has 0 spiro atoms. The molecule has 0 aliphatic carbocycles. The molecule has 0 unspecified atom stereocenters. The second-order valence-corrected chi connectivity index (χ2v) is 12.1. The largest absolute Gasteiger partial charge is 0.455 e. The molecule has 0 fully saturated rings. The van der Waals surface area contributed by atoms with Crippen LogP contribution < -0.4 is 0 Å². The Balaban J connectivity index is 1.31. The van der Waals surface area contributed by atoms with Crippen LogP contribution in [0.2, 0.25) is 0 Å². The number of para-hydroxylation sites is 3. The van der Waals surface area contributed by atoms with Crippen LogP contribution in [-0.2, 0) is 6.42 Å². The summed E-state index contributed by atoms with van der Waals surface area (Å²) in [5, 5.41) is 4.73. The van der Waals surface area contributed by atoms with E-state index in [1.165, 1.54) is 49.6 Å². The monoisotopic (exact) mass is 601 g/mol. The van der Waals surface area contributed by atoms with E-state index in [1.54, 1.807) is 0 Å². The molecule has 0 saturated heterocycles. The normalized spacial score (nSPS) is 12.3. The Bertz CT molecular complexity index is 2520. The molecule has 0 N–H and O–H groups in total. The summed E-state index contributed by atoms with van der Waals surface area (Å²) in [6.45, 7) is 0. The summed E-state index contributed by atoms with van der Waals surface area (Å²) in [4.78, 5) is 0. The summed E-state index contributed by atoms with van der Waals surface area (Å²) < 4.78 is 9.20. The Morgan fingerprint density at radius 2 is 1.04 bits per heavy atom. The maximum atomic E-state index is 6.83. The molecular formula is C45H31NO. The van der Waals surface area contributed by atoms with Crippen LogP contribution in [0.4, 0.5) is 0 Å². The number of allylic oxidation sites excluding steroid dienone is 1. The van der Waals surface area contributed by atoms with Crippen LogP contribution in [0.5, 0.6) is 0 Å². The van der Waals surface area contributed by atoms with E-state index >= 15 is 0 Å². The fraction of sp³-hybridized carbons (Fsp3) is 0.0222. The van der Waals surface area contributed by atoms with E-state index in [0.717, 1.165) is 39.6 Å². The topological polar surface area (TPSA) is 18.1 Å². The first-order chi connectivity index (χ1) is 23.3. The second kappa shape index (κ2) is 11.3. The molecule has 9 aromatic rings. The lowest BCUT2D eigenvalue weighted by Crippen LogP contribution is -1.99. The zero-order chi connectivity index (χ0) is 31.2. The number of aromatic nitrogens is 1. The van der Waals surface area contributed by atoms with Crippen molar-refractivity contribution in [3.05, 3.63) is 198 Å². The van der Waals surface area contributed by atoms with Gasteiger partial charge in [-0.25, -0.2) is 0 Å². The summed E-state index contributed by atoms with van der Waals surface area (Å²) in [5.41, 5.74) is 12.5.